The normalized spacial score (nSPS) is 10.6. The molecule has 0 radical (unpaired) electrons. The molecule has 0 atom stereocenters. The molecule has 1 aromatic heterocycles. The predicted molar refractivity (Wildman–Crippen MR) is 76.2 cm³/mol. The summed E-state index contributed by atoms with van der Waals surface area (Å²) in [6.07, 6.45) is 0.655. The first-order chi connectivity index (χ1) is 9.19. The average Bonchev–Trinajstić information content (AvgIpc) is 2.38. The van der Waals surface area contributed by atoms with E-state index in [0.29, 0.717) is 13.0 Å². The highest BCUT2D eigenvalue weighted by Crippen LogP contribution is 2.10. The van der Waals surface area contributed by atoms with E-state index in [0.717, 1.165) is 18.1 Å². The molecule has 4 heteroatoms. The Balaban J connectivity index is 2.23. The van der Waals surface area contributed by atoms with Crippen molar-refractivity contribution >= 4 is 0 Å². The molecule has 4 nitrogen and oxygen atoms in total. The predicted octanol–water partition coefficient (Wildman–Crippen LogP) is 1.78. The minimum Gasteiger partial charge on any atom is -0.311 e. The fourth-order valence-electron chi connectivity index (χ4n) is 1.98. The largest absolute Gasteiger partial charge is 0.311 e. The first-order valence-corrected chi connectivity index (χ1v) is 6.53. The van der Waals surface area contributed by atoms with Crippen LogP contribution in [0.1, 0.15) is 29.6 Å². The molecule has 0 fully saturated rings. The van der Waals surface area contributed by atoms with E-state index in [4.69, 9.17) is 0 Å². The summed E-state index contributed by atoms with van der Waals surface area (Å²) in [5.74, 6) is 0.717. The van der Waals surface area contributed by atoms with Crippen molar-refractivity contribution in [2.24, 2.45) is 0 Å². The third-order valence-corrected chi connectivity index (χ3v) is 3.02. The Bertz CT molecular complexity index is 604. The van der Waals surface area contributed by atoms with E-state index in [1.54, 1.807) is 6.07 Å². The molecule has 100 valence electrons. The summed E-state index contributed by atoms with van der Waals surface area (Å²) in [4.78, 5) is 18.9. The second kappa shape index (κ2) is 6.29. The molecule has 0 aliphatic rings. The van der Waals surface area contributed by atoms with Gasteiger partial charge in [0.05, 0.1) is 5.69 Å². The van der Waals surface area contributed by atoms with E-state index in [9.17, 15) is 4.79 Å². The molecule has 0 amide bonds. The average molecular weight is 257 g/mol. The van der Waals surface area contributed by atoms with E-state index in [1.165, 1.54) is 11.1 Å². The molecular weight excluding hydrogens is 238 g/mol. The van der Waals surface area contributed by atoms with Gasteiger partial charge in [-0.2, -0.15) is 0 Å². The van der Waals surface area contributed by atoms with Crippen molar-refractivity contribution in [2.75, 3.05) is 6.54 Å². The zero-order valence-corrected chi connectivity index (χ0v) is 11.4. The van der Waals surface area contributed by atoms with Crippen LogP contribution in [-0.4, -0.2) is 16.5 Å². The Kier molecular flexibility index (Phi) is 4.47. The monoisotopic (exact) mass is 257 g/mol. The second-order valence-electron chi connectivity index (χ2n) is 4.57. The highest BCUT2D eigenvalue weighted by Gasteiger charge is 2.04. The molecule has 2 N–H and O–H groups in total. The van der Waals surface area contributed by atoms with Crippen LogP contribution in [0.5, 0.6) is 0 Å². The van der Waals surface area contributed by atoms with Crippen LogP contribution in [0.2, 0.25) is 0 Å². The standard InChI is InChI=1S/C15H19N3O/c1-3-16-10-13-9-15(19)18-14(17-13)8-12-7-5-4-6-11(12)2/h4-7,9,16H,3,8,10H2,1-2H3,(H,17,18,19). The molecule has 2 aromatic rings. The van der Waals surface area contributed by atoms with Crippen molar-refractivity contribution in [2.45, 2.75) is 26.8 Å². The number of nitrogens with one attached hydrogen (secondary N) is 2. The van der Waals surface area contributed by atoms with Gasteiger partial charge in [0.25, 0.3) is 5.56 Å². The van der Waals surface area contributed by atoms with Crippen LogP contribution in [0.3, 0.4) is 0 Å². The minimum atomic E-state index is -0.0912. The summed E-state index contributed by atoms with van der Waals surface area (Å²) in [7, 11) is 0. The van der Waals surface area contributed by atoms with Crippen molar-refractivity contribution in [3.63, 3.8) is 0 Å². The number of H-pyrrole nitrogens is 1. The molecule has 1 heterocycles. The molecule has 1 aromatic carbocycles. The summed E-state index contributed by atoms with van der Waals surface area (Å²) in [6.45, 7) is 5.58. The zero-order valence-electron chi connectivity index (χ0n) is 11.4. The molecule has 0 aliphatic carbocycles. The Hall–Kier alpha value is -1.94. The van der Waals surface area contributed by atoms with E-state index in [1.807, 2.05) is 19.1 Å². The van der Waals surface area contributed by atoms with Crippen LogP contribution >= 0.6 is 0 Å². The molecule has 0 spiro atoms. The Morgan fingerprint density at radius 3 is 2.84 bits per heavy atom. The molecular formula is C15H19N3O. The number of aromatic nitrogens is 2. The van der Waals surface area contributed by atoms with Crippen LogP contribution in [0.4, 0.5) is 0 Å². The summed E-state index contributed by atoms with van der Waals surface area (Å²) in [5, 5.41) is 3.18. The number of aromatic amines is 1. The van der Waals surface area contributed by atoms with Gasteiger partial charge >= 0.3 is 0 Å². The van der Waals surface area contributed by atoms with Gasteiger partial charge in [0.2, 0.25) is 0 Å². The van der Waals surface area contributed by atoms with Crippen molar-refractivity contribution < 1.29 is 0 Å². The minimum absolute atomic E-state index is 0.0912. The SMILES string of the molecule is CCNCc1cc(=O)[nH]c(Cc2ccccc2C)n1. The van der Waals surface area contributed by atoms with Gasteiger partial charge in [-0.3, -0.25) is 4.79 Å². The van der Waals surface area contributed by atoms with Gasteiger partial charge in [-0.05, 0) is 24.6 Å². The van der Waals surface area contributed by atoms with Gasteiger partial charge < -0.3 is 10.3 Å². The Labute approximate surface area is 112 Å². The van der Waals surface area contributed by atoms with Gasteiger partial charge in [-0.25, -0.2) is 4.98 Å². The number of benzene rings is 1. The first kappa shape index (κ1) is 13.5. The maximum Gasteiger partial charge on any atom is 0.251 e. The molecule has 2 rings (SSSR count). The molecule has 0 saturated carbocycles. The highest BCUT2D eigenvalue weighted by molar-refractivity contribution is 5.28. The van der Waals surface area contributed by atoms with Crippen molar-refractivity contribution in [1.29, 1.82) is 0 Å². The van der Waals surface area contributed by atoms with E-state index in [2.05, 4.69) is 34.3 Å². The van der Waals surface area contributed by atoms with Gasteiger partial charge in [0, 0.05) is 19.0 Å². The van der Waals surface area contributed by atoms with Gasteiger partial charge in [0.15, 0.2) is 0 Å². The molecule has 0 aliphatic heterocycles. The Morgan fingerprint density at radius 1 is 1.32 bits per heavy atom. The Morgan fingerprint density at radius 2 is 2.11 bits per heavy atom. The number of aryl methyl sites for hydroxylation is 1. The lowest BCUT2D eigenvalue weighted by atomic mass is 10.1. The number of hydrogen-bond acceptors (Lipinski definition) is 3. The van der Waals surface area contributed by atoms with E-state index in [-0.39, 0.29) is 5.56 Å². The van der Waals surface area contributed by atoms with Crippen molar-refractivity contribution in [3.05, 3.63) is 63.3 Å². The van der Waals surface area contributed by atoms with Crippen LogP contribution in [0, 0.1) is 6.92 Å². The van der Waals surface area contributed by atoms with Gasteiger partial charge in [-0.1, -0.05) is 31.2 Å². The first-order valence-electron chi connectivity index (χ1n) is 6.53. The van der Waals surface area contributed by atoms with Gasteiger partial charge in [0.1, 0.15) is 5.82 Å². The smallest absolute Gasteiger partial charge is 0.251 e. The van der Waals surface area contributed by atoms with Gasteiger partial charge in [-0.15, -0.1) is 0 Å². The summed E-state index contributed by atoms with van der Waals surface area (Å²) in [6, 6.07) is 9.69. The van der Waals surface area contributed by atoms with Crippen LogP contribution < -0.4 is 10.9 Å². The van der Waals surface area contributed by atoms with Crippen molar-refractivity contribution in [3.8, 4) is 0 Å². The summed E-state index contributed by atoms with van der Waals surface area (Å²) in [5.41, 5.74) is 3.09. The van der Waals surface area contributed by atoms with Crippen molar-refractivity contribution in [1.82, 2.24) is 15.3 Å². The molecule has 0 saturated heterocycles. The fraction of sp³-hybridized carbons (Fsp3) is 0.333. The molecule has 0 bridgehead atoms. The van der Waals surface area contributed by atoms with Crippen LogP contribution in [0.15, 0.2) is 35.1 Å². The third kappa shape index (κ3) is 3.76. The summed E-state index contributed by atoms with van der Waals surface area (Å²) >= 11 is 0. The van der Waals surface area contributed by atoms with E-state index >= 15 is 0 Å². The maximum absolute atomic E-state index is 11.6. The molecule has 19 heavy (non-hydrogen) atoms. The second-order valence-corrected chi connectivity index (χ2v) is 4.57. The topological polar surface area (TPSA) is 57.8 Å². The number of hydrogen-bond donors (Lipinski definition) is 2. The number of nitrogens with zero attached hydrogens (tertiary/aromatic N) is 1. The molecule has 0 unspecified atom stereocenters. The fourth-order valence-corrected chi connectivity index (χ4v) is 1.98. The third-order valence-electron chi connectivity index (χ3n) is 3.02. The lowest BCUT2D eigenvalue weighted by Gasteiger charge is -2.07. The lowest BCUT2D eigenvalue weighted by molar-refractivity contribution is 0.700. The highest BCUT2D eigenvalue weighted by atomic mass is 16.1. The lowest BCUT2D eigenvalue weighted by Crippen LogP contribution is -2.19. The van der Waals surface area contributed by atoms with E-state index < -0.39 is 0 Å². The summed E-state index contributed by atoms with van der Waals surface area (Å²) < 4.78 is 0. The zero-order chi connectivity index (χ0) is 13.7. The number of rotatable bonds is 5. The maximum atomic E-state index is 11.6. The van der Waals surface area contributed by atoms with Crippen LogP contribution in [-0.2, 0) is 13.0 Å². The van der Waals surface area contributed by atoms with Crippen LogP contribution in [0.25, 0.3) is 0 Å². The quantitative estimate of drug-likeness (QED) is 0.858.